The molecule has 0 aliphatic carbocycles. The first-order valence-electron chi connectivity index (χ1n) is 6.41. The van der Waals surface area contributed by atoms with Gasteiger partial charge in [0, 0.05) is 16.1 Å². The van der Waals surface area contributed by atoms with E-state index in [2.05, 4.69) is 0 Å². The average Bonchev–Trinajstić information content (AvgIpc) is 2.41. The van der Waals surface area contributed by atoms with E-state index in [1.165, 1.54) is 0 Å². The van der Waals surface area contributed by atoms with Crippen LogP contribution in [0.3, 0.4) is 0 Å². The van der Waals surface area contributed by atoms with Crippen molar-refractivity contribution in [3.05, 3.63) is 63.6 Å². The van der Waals surface area contributed by atoms with Gasteiger partial charge in [0.15, 0.2) is 0 Å². The summed E-state index contributed by atoms with van der Waals surface area (Å²) in [5.41, 5.74) is 8.01. The van der Waals surface area contributed by atoms with Crippen molar-refractivity contribution < 1.29 is 4.74 Å². The van der Waals surface area contributed by atoms with Gasteiger partial charge in [0.05, 0.1) is 0 Å². The lowest BCUT2D eigenvalue weighted by molar-refractivity contribution is 0.180. The molecule has 2 unspecified atom stereocenters. The molecule has 2 atom stereocenters. The van der Waals surface area contributed by atoms with E-state index in [0.29, 0.717) is 5.02 Å². The smallest absolute Gasteiger partial charge is 0.138 e. The van der Waals surface area contributed by atoms with Gasteiger partial charge in [0.25, 0.3) is 0 Å². The van der Waals surface area contributed by atoms with Gasteiger partial charge in [0.2, 0.25) is 0 Å². The van der Waals surface area contributed by atoms with E-state index in [0.717, 1.165) is 21.9 Å². The van der Waals surface area contributed by atoms with Gasteiger partial charge >= 0.3 is 0 Å². The van der Waals surface area contributed by atoms with Crippen LogP contribution >= 0.6 is 23.2 Å². The van der Waals surface area contributed by atoms with Gasteiger partial charge < -0.3 is 10.5 Å². The first kappa shape index (κ1) is 15.2. The summed E-state index contributed by atoms with van der Waals surface area (Å²) in [6.45, 7) is 3.86. The zero-order valence-corrected chi connectivity index (χ0v) is 12.9. The molecule has 2 aromatic carbocycles. The molecule has 0 aliphatic rings. The van der Waals surface area contributed by atoms with Crippen molar-refractivity contribution in [3.63, 3.8) is 0 Å². The molecule has 0 bridgehead atoms. The third-order valence-corrected chi connectivity index (χ3v) is 3.74. The molecule has 0 saturated carbocycles. The zero-order valence-electron chi connectivity index (χ0n) is 11.4. The first-order valence-corrected chi connectivity index (χ1v) is 7.17. The van der Waals surface area contributed by atoms with E-state index in [1.807, 2.05) is 56.3 Å². The summed E-state index contributed by atoms with van der Waals surface area (Å²) >= 11 is 11.9. The Hall–Kier alpha value is -1.22. The third-order valence-electron chi connectivity index (χ3n) is 3.07. The predicted molar refractivity (Wildman–Crippen MR) is 84.7 cm³/mol. The minimum absolute atomic E-state index is 0.146. The maximum atomic E-state index is 6.04. The lowest BCUT2D eigenvalue weighted by atomic mass is 10.0. The SMILES string of the molecule is Cc1cc(OC(c2ccc(Cl)cc2)C(C)N)ccc1Cl. The van der Waals surface area contributed by atoms with Crippen LogP contribution < -0.4 is 10.5 Å². The highest BCUT2D eigenvalue weighted by molar-refractivity contribution is 6.31. The predicted octanol–water partition coefficient (Wildman–Crippen LogP) is 4.77. The van der Waals surface area contributed by atoms with Crippen LogP contribution in [0.4, 0.5) is 0 Å². The summed E-state index contributed by atoms with van der Waals surface area (Å²) in [6.07, 6.45) is -0.229. The van der Waals surface area contributed by atoms with Crippen LogP contribution in [0, 0.1) is 6.92 Å². The molecule has 0 heterocycles. The number of nitrogens with two attached hydrogens (primary N) is 1. The van der Waals surface area contributed by atoms with Gasteiger partial charge in [-0.1, -0.05) is 35.3 Å². The van der Waals surface area contributed by atoms with E-state index in [-0.39, 0.29) is 12.1 Å². The Balaban J connectivity index is 2.25. The summed E-state index contributed by atoms with van der Waals surface area (Å²) in [7, 11) is 0. The van der Waals surface area contributed by atoms with Crippen molar-refractivity contribution >= 4 is 23.2 Å². The van der Waals surface area contributed by atoms with Crippen molar-refractivity contribution in [3.8, 4) is 5.75 Å². The molecule has 0 aliphatic heterocycles. The van der Waals surface area contributed by atoms with Crippen LogP contribution in [0.1, 0.15) is 24.2 Å². The fourth-order valence-corrected chi connectivity index (χ4v) is 2.21. The maximum Gasteiger partial charge on any atom is 0.138 e. The van der Waals surface area contributed by atoms with Crippen LogP contribution in [-0.4, -0.2) is 6.04 Å². The molecular weight excluding hydrogens is 293 g/mol. The fourth-order valence-electron chi connectivity index (χ4n) is 1.97. The van der Waals surface area contributed by atoms with E-state index in [9.17, 15) is 0 Å². The number of benzene rings is 2. The monoisotopic (exact) mass is 309 g/mol. The average molecular weight is 310 g/mol. The topological polar surface area (TPSA) is 35.2 Å². The number of aryl methyl sites for hydroxylation is 1. The quantitative estimate of drug-likeness (QED) is 0.883. The molecule has 4 heteroatoms. The minimum atomic E-state index is -0.229. The van der Waals surface area contributed by atoms with Crippen molar-refractivity contribution in [1.29, 1.82) is 0 Å². The number of hydrogen-bond donors (Lipinski definition) is 1. The molecular formula is C16H17Cl2NO. The van der Waals surface area contributed by atoms with Crippen molar-refractivity contribution in [2.75, 3.05) is 0 Å². The van der Waals surface area contributed by atoms with Gasteiger partial charge in [-0.15, -0.1) is 0 Å². The molecule has 0 fully saturated rings. The van der Waals surface area contributed by atoms with Gasteiger partial charge in [-0.2, -0.15) is 0 Å². The van der Waals surface area contributed by atoms with E-state index < -0.39 is 0 Å². The van der Waals surface area contributed by atoms with Crippen molar-refractivity contribution in [2.45, 2.75) is 26.0 Å². The lowest BCUT2D eigenvalue weighted by Crippen LogP contribution is -2.29. The second-order valence-electron chi connectivity index (χ2n) is 4.86. The standard InChI is InChI=1S/C16H17Cl2NO/c1-10-9-14(7-8-15(10)18)20-16(11(2)19)12-3-5-13(17)6-4-12/h3-9,11,16H,19H2,1-2H3. The summed E-state index contributed by atoms with van der Waals surface area (Å²) < 4.78 is 6.01. The van der Waals surface area contributed by atoms with Crippen LogP contribution in [0.5, 0.6) is 5.75 Å². The maximum absolute atomic E-state index is 6.04. The highest BCUT2D eigenvalue weighted by Gasteiger charge is 2.18. The number of hydrogen-bond acceptors (Lipinski definition) is 2. The Morgan fingerprint density at radius 3 is 2.25 bits per heavy atom. The van der Waals surface area contributed by atoms with Crippen LogP contribution in [0.25, 0.3) is 0 Å². The molecule has 2 aromatic rings. The molecule has 0 aromatic heterocycles. The second kappa shape index (κ2) is 6.49. The van der Waals surface area contributed by atoms with Gasteiger partial charge in [-0.05, 0) is 55.3 Å². The van der Waals surface area contributed by atoms with Crippen molar-refractivity contribution in [2.24, 2.45) is 5.73 Å². The minimum Gasteiger partial charge on any atom is -0.484 e. The fraction of sp³-hybridized carbons (Fsp3) is 0.250. The molecule has 106 valence electrons. The summed E-state index contributed by atoms with van der Waals surface area (Å²) in [5.74, 6) is 0.754. The number of ether oxygens (including phenoxy) is 1. The van der Waals surface area contributed by atoms with E-state index in [1.54, 1.807) is 0 Å². The number of halogens is 2. The Bertz CT molecular complexity index is 582. The lowest BCUT2D eigenvalue weighted by Gasteiger charge is -2.23. The Kier molecular flexibility index (Phi) is 4.92. The first-order chi connectivity index (χ1) is 9.47. The highest BCUT2D eigenvalue weighted by Crippen LogP contribution is 2.28. The summed E-state index contributed by atoms with van der Waals surface area (Å²) in [4.78, 5) is 0. The Morgan fingerprint density at radius 2 is 1.70 bits per heavy atom. The van der Waals surface area contributed by atoms with Gasteiger partial charge in [-0.3, -0.25) is 0 Å². The second-order valence-corrected chi connectivity index (χ2v) is 5.70. The molecule has 0 amide bonds. The molecule has 2 N–H and O–H groups in total. The molecule has 0 radical (unpaired) electrons. The Morgan fingerprint density at radius 1 is 1.05 bits per heavy atom. The van der Waals surface area contributed by atoms with E-state index >= 15 is 0 Å². The molecule has 2 rings (SSSR count). The van der Waals surface area contributed by atoms with Crippen LogP contribution in [0.15, 0.2) is 42.5 Å². The van der Waals surface area contributed by atoms with Gasteiger partial charge in [-0.25, -0.2) is 0 Å². The summed E-state index contributed by atoms with van der Waals surface area (Å²) in [6, 6.07) is 13.0. The van der Waals surface area contributed by atoms with Crippen LogP contribution in [0.2, 0.25) is 10.0 Å². The third kappa shape index (κ3) is 3.66. The zero-order chi connectivity index (χ0) is 14.7. The normalized spacial score (nSPS) is 13.8. The largest absolute Gasteiger partial charge is 0.484 e. The van der Waals surface area contributed by atoms with Crippen LogP contribution in [-0.2, 0) is 0 Å². The molecule has 2 nitrogen and oxygen atoms in total. The summed E-state index contributed by atoms with van der Waals surface area (Å²) in [5, 5.41) is 1.42. The molecule has 0 spiro atoms. The van der Waals surface area contributed by atoms with Gasteiger partial charge in [0.1, 0.15) is 11.9 Å². The highest BCUT2D eigenvalue weighted by atomic mass is 35.5. The molecule has 0 saturated heterocycles. The van der Waals surface area contributed by atoms with E-state index in [4.69, 9.17) is 33.7 Å². The molecule has 20 heavy (non-hydrogen) atoms. The Labute approximate surface area is 129 Å². The van der Waals surface area contributed by atoms with Crippen molar-refractivity contribution in [1.82, 2.24) is 0 Å². The number of rotatable bonds is 4.